The second-order valence-electron chi connectivity index (χ2n) is 7.96. The molecule has 5 rings (SSSR count). The Balaban J connectivity index is 1.60. The zero-order chi connectivity index (χ0) is 22.9. The molecule has 0 aliphatic carbocycles. The SMILES string of the molecule is CCOC(=O)Cc1cn(Cc2nc3ccccc3s2)c2cc(-c3cc(N)cc(N)c3)ccc12. The average Bonchev–Trinajstić information content (AvgIpc) is 3.34. The van der Waals surface area contributed by atoms with Gasteiger partial charge in [-0.25, -0.2) is 4.98 Å². The van der Waals surface area contributed by atoms with Gasteiger partial charge in [-0.2, -0.15) is 0 Å². The molecule has 3 aromatic carbocycles. The first-order chi connectivity index (χ1) is 16.0. The van der Waals surface area contributed by atoms with E-state index in [1.807, 2.05) is 55.6 Å². The summed E-state index contributed by atoms with van der Waals surface area (Å²) in [5.41, 5.74) is 18.2. The second kappa shape index (κ2) is 8.60. The molecule has 0 unspecified atom stereocenters. The molecule has 2 heterocycles. The van der Waals surface area contributed by atoms with Crippen LogP contribution in [0.4, 0.5) is 11.4 Å². The fourth-order valence-corrected chi connectivity index (χ4v) is 5.13. The molecule has 0 bridgehead atoms. The van der Waals surface area contributed by atoms with Crippen LogP contribution >= 0.6 is 11.3 Å². The zero-order valence-corrected chi connectivity index (χ0v) is 19.1. The number of aromatic nitrogens is 2. The lowest BCUT2D eigenvalue weighted by Crippen LogP contribution is -2.07. The number of nitrogens with two attached hydrogens (primary N) is 2. The summed E-state index contributed by atoms with van der Waals surface area (Å²) in [6.45, 7) is 2.79. The maximum atomic E-state index is 12.2. The molecule has 0 amide bonds. The number of fused-ring (bicyclic) bond motifs is 2. The summed E-state index contributed by atoms with van der Waals surface area (Å²) < 4.78 is 8.51. The Morgan fingerprint density at radius 3 is 2.58 bits per heavy atom. The fraction of sp³-hybridized carbons (Fsp3) is 0.154. The summed E-state index contributed by atoms with van der Waals surface area (Å²) in [5.74, 6) is -0.232. The largest absolute Gasteiger partial charge is 0.466 e. The molecule has 33 heavy (non-hydrogen) atoms. The van der Waals surface area contributed by atoms with Crippen molar-refractivity contribution in [2.75, 3.05) is 18.1 Å². The number of rotatable bonds is 6. The molecule has 0 aliphatic heterocycles. The first-order valence-corrected chi connectivity index (χ1v) is 11.6. The third kappa shape index (κ3) is 4.27. The number of hydrogen-bond acceptors (Lipinski definition) is 6. The van der Waals surface area contributed by atoms with Crippen molar-refractivity contribution < 1.29 is 9.53 Å². The molecule has 2 aromatic heterocycles. The van der Waals surface area contributed by atoms with Gasteiger partial charge in [-0.05, 0) is 60.0 Å². The predicted octanol–water partition coefficient (Wildman–Crippen LogP) is 5.24. The van der Waals surface area contributed by atoms with Crippen LogP contribution < -0.4 is 11.5 Å². The number of benzene rings is 3. The van der Waals surface area contributed by atoms with Crippen LogP contribution in [0.25, 0.3) is 32.2 Å². The Bertz CT molecular complexity index is 1430. The maximum absolute atomic E-state index is 12.2. The normalized spacial score (nSPS) is 11.3. The van der Waals surface area contributed by atoms with Gasteiger partial charge in [0.15, 0.2) is 0 Å². The van der Waals surface area contributed by atoms with Crippen molar-refractivity contribution in [2.45, 2.75) is 19.9 Å². The van der Waals surface area contributed by atoms with E-state index in [-0.39, 0.29) is 12.4 Å². The number of esters is 1. The number of anilines is 2. The summed E-state index contributed by atoms with van der Waals surface area (Å²) in [4.78, 5) is 17.0. The van der Waals surface area contributed by atoms with Crippen molar-refractivity contribution in [1.29, 1.82) is 0 Å². The Labute approximate surface area is 195 Å². The van der Waals surface area contributed by atoms with E-state index in [2.05, 4.69) is 16.7 Å². The Hall–Kier alpha value is -3.84. The lowest BCUT2D eigenvalue weighted by Gasteiger charge is -2.08. The Morgan fingerprint density at radius 1 is 1.03 bits per heavy atom. The monoisotopic (exact) mass is 456 g/mol. The number of nitrogen functional groups attached to an aromatic ring is 2. The zero-order valence-electron chi connectivity index (χ0n) is 18.2. The highest BCUT2D eigenvalue weighted by Crippen LogP contribution is 2.32. The number of hydrogen-bond donors (Lipinski definition) is 2. The van der Waals surface area contributed by atoms with E-state index >= 15 is 0 Å². The third-order valence-electron chi connectivity index (χ3n) is 5.56. The van der Waals surface area contributed by atoms with Gasteiger partial charge in [0.2, 0.25) is 0 Å². The van der Waals surface area contributed by atoms with Crippen molar-refractivity contribution in [2.24, 2.45) is 0 Å². The molecule has 0 spiro atoms. The molecule has 5 aromatic rings. The van der Waals surface area contributed by atoms with E-state index in [9.17, 15) is 4.79 Å². The number of carbonyl (C=O) groups excluding carboxylic acids is 1. The number of thiazole rings is 1. The van der Waals surface area contributed by atoms with E-state index in [0.29, 0.717) is 24.5 Å². The van der Waals surface area contributed by atoms with Gasteiger partial charge in [0.1, 0.15) is 5.01 Å². The standard InChI is InChI=1S/C26H24N4O2S/c1-2-32-26(31)12-18-14-30(15-25-29-22-5-3-4-6-24(22)33-25)23-11-16(7-8-21(18)23)17-9-19(27)13-20(28)10-17/h3-11,13-14H,2,12,15,27-28H2,1H3. The van der Waals surface area contributed by atoms with Gasteiger partial charge in [0.05, 0.1) is 29.8 Å². The summed E-state index contributed by atoms with van der Waals surface area (Å²) in [6, 6.07) is 19.9. The van der Waals surface area contributed by atoms with Gasteiger partial charge in [-0.15, -0.1) is 11.3 Å². The molecular formula is C26H24N4O2S. The number of carbonyl (C=O) groups is 1. The van der Waals surface area contributed by atoms with Crippen LogP contribution in [0.5, 0.6) is 0 Å². The predicted molar refractivity (Wildman–Crippen MR) is 135 cm³/mol. The molecule has 6 nitrogen and oxygen atoms in total. The molecule has 0 saturated heterocycles. The lowest BCUT2D eigenvalue weighted by atomic mass is 10.0. The van der Waals surface area contributed by atoms with Crippen molar-refractivity contribution in [1.82, 2.24) is 9.55 Å². The van der Waals surface area contributed by atoms with Crippen LogP contribution in [0.15, 0.2) is 66.9 Å². The molecule has 166 valence electrons. The van der Waals surface area contributed by atoms with Crippen molar-refractivity contribution in [3.8, 4) is 11.1 Å². The topological polar surface area (TPSA) is 96.2 Å². The average molecular weight is 457 g/mol. The summed E-state index contributed by atoms with van der Waals surface area (Å²) in [6.07, 6.45) is 2.26. The van der Waals surface area contributed by atoms with Gasteiger partial charge >= 0.3 is 5.97 Å². The van der Waals surface area contributed by atoms with E-state index in [0.717, 1.165) is 42.8 Å². The summed E-state index contributed by atoms with van der Waals surface area (Å²) in [7, 11) is 0. The van der Waals surface area contributed by atoms with Crippen LogP contribution in [0.1, 0.15) is 17.5 Å². The van der Waals surface area contributed by atoms with Crippen LogP contribution in [0, 0.1) is 0 Å². The minimum Gasteiger partial charge on any atom is -0.466 e. The third-order valence-corrected chi connectivity index (χ3v) is 6.58. The smallest absolute Gasteiger partial charge is 0.310 e. The van der Waals surface area contributed by atoms with Gasteiger partial charge in [-0.1, -0.05) is 24.3 Å². The first kappa shape index (κ1) is 21.0. The number of ether oxygens (including phenoxy) is 1. The fourth-order valence-electron chi connectivity index (χ4n) is 4.16. The molecule has 0 saturated carbocycles. The number of para-hydroxylation sites is 1. The summed E-state index contributed by atoms with van der Waals surface area (Å²) >= 11 is 1.68. The molecule has 0 fully saturated rings. The van der Waals surface area contributed by atoms with Crippen LogP contribution in [0.2, 0.25) is 0 Å². The van der Waals surface area contributed by atoms with E-state index in [1.54, 1.807) is 17.4 Å². The van der Waals surface area contributed by atoms with Crippen LogP contribution in [-0.4, -0.2) is 22.1 Å². The van der Waals surface area contributed by atoms with Crippen molar-refractivity contribution in [3.63, 3.8) is 0 Å². The molecule has 0 radical (unpaired) electrons. The van der Waals surface area contributed by atoms with Crippen LogP contribution in [-0.2, 0) is 22.5 Å². The molecule has 4 N–H and O–H groups in total. The van der Waals surface area contributed by atoms with E-state index < -0.39 is 0 Å². The lowest BCUT2D eigenvalue weighted by molar-refractivity contribution is -0.142. The van der Waals surface area contributed by atoms with Gasteiger partial charge in [0, 0.05) is 28.5 Å². The summed E-state index contributed by atoms with van der Waals surface area (Å²) in [5, 5.41) is 2.03. The highest BCUT2D eigenvalue weighted by Gasteiger charge is 2.15. The molecular weight excluding hydrogens is 432 g/mol. The molecule has 0 aliphatic rings. The van der Waals surface area contributed by atoms with E-state index in [4.69, 9.17) is 21.2 Å². The maximum Gasteiger partial charge on any atom is 0.310 e. The van der Waals surface area contributed by atoms with E-state index in [1.165, 1.54) is 0 Å². The van der Waals surface area contributed by atoms with Gasteiger partial charge in [-0.3, -0.25) is 4.79 Å². The highest BCUT2D eigenvalue weighted by molar-refractivity contribution is 7.18. The van der Waals surface area contributed by atoms with Gasteiger partial charge in [0.25, 0.3) is 0 Å². The quantitative estimate of drug-likeness (QED) is 0.269. The Morgan fingerprint density at radius 2 is 1.82 bits per heavy atom. The Kier molecular flexibility index (Phi) is 5.48. The minimum atomic E-state index is -0.232. The minimum absolute atomic E-state index is 0.224. The second-order valence-corrected chi connectivity index (χ2v) is 9.07. The molecule has 0 atom stereocenters. The highest BCUT2D eigenvalue weighted by atomic mass is 32.1. The van der Waals surface area contributed by atoms with Crippen LogP contribution in [0.3, 0.4) is 0 Å². The first-order valence-electron chi connectivity index (χ1n) is 10.8. The molecule has 7 heteroatoms. The van der Waals surface area contributed by atoms with Gasteiger partial charge < -0.3 is 20.8 Å². The van der Waals surface area contributed by atoms with Crippen molar-refractivity contribution >= 4 is 49.8 Å². The number of nitrogens with zero attached hydrogens (tertiary/aromatic N) is 2. The van der Waals surface area contributed by atoms with Crippen molar-refractivity contribution in [3.05, 3.63) is 77.4 Å².